The maximum atomic E-state index is 10.6. The third kappa shape index (κ3) is 1.93. The van der Waals surface area contributed by atoms with Gasteiger partial charge in [0.25, 0.3) is 0 Å². The number of hydrogen-bond donors (Lipinski definition) is 0. The Bertz CT molecular complexity index is 505. The lowest BCUT2D eigenvalue weighted by molar-refractivity contribution is 0.245. The van der Waals surface area contributed by atoms with Crippen LogP contribution in [0.1, 0.15) is 24.8 Å². The first kappa shape index (κ1) is 13.1. The maximum Gasteiger partial charge on any atom is 0.235 e. The number of isocyanates is 1. The van der Waals surface area contributed by atoms with Gasteiger partial charge in [-0.05, 0) is 47.3 Å². The molecule has 1 fully saturated rings. The summed E-state index contributed by atoms with van der Waals surface area (Å²) >= 11 is 3.46. The Morgan fingerprint density at radius 3 is 2.50 bits per heavy atom. The summed E-state index contributed by atoms with van der Waals surface area (Å²) < 4.78 is 11.4. The molecule has 1 aromatic carbocycles. The molecule has 2 rings (SSSR count). The minimum Gasteiger partial charge on any atom is -0.495 e. The fourth-order valence-corrected chi connectivity index (χ4v) is 2.97. The molecular weight excluding hydrogens is 298 g/mol. The summed E-state index contributed by atoms with van der Waals surface area (Å²) in [6.45, 7) is 0. The summed E-state index contributed by atoms with van der Waals surface area (Å²) in [6.07, 6.45) is 4.42. The van der Waals surface area contributed by atoms with E-state index < -0.39 is 5.54 Å². The molecule has 96 valence electrons. The molecule has 1 aliphatic carbocycles. The molecule has 0 aliphatic heterocycles. The Morgan fingerprint density at radius 2 is 2.06 bits per heavy atom. The van der Waals surface area contributed by atoms with Gasteiger partial charge in [0.1, 0.15) is 21.5 Å². The van der Waals surface area contributed by atoms with E-state index in [2.05, 4.69) is 20.9 Å². The summed E-state index contributed by atoms with van der Waals surface area (Å²) in [7, 11) is 3.20. The number of rotatable bonds is 4. The van der Waals surface area contributed by atoms with E-state index in [0.717, 1.165) is 29.3 Å². The third-order valence-electron chi connectivity index (χ3n) is 3.43. The van der Waals surface area contributed by atoms with Crippen LogP contribution in [0.5, 0.6) is 11.5 Å². The topological polar surface area (TPSA) is 47.9 Å². The van der Waals surface area contributed by atoms with Gasteiger partial charge in [-0.2, -0.15) is 4.99 Å². The van der Waals surface area contributed by atoms with E-state index in [1.54, 1.807) is 20.3 Å². The minimum atomic E-state index is -0.470. The molecular formula is C13H14BrNO3. The zero-order chi connectivity index (χ0) is 13.2. The Kier molecular flexibility index (Phi) is 3.73. The van der Waals surface area contributed by atoms with Crippen LogP contribution in [0.2, 0.25) is 0 Å². The summed E-state index contributed by atoms with van der Waals surface area (Å²) in [5.41, 5.74) is 0.439. The van der Waals surface area contributed by atoms with Crippen molar-refractivity contribution >= 4 is 22.0 Å². The number of carbonyl (C=O) groups excluding carboxylic acids is 1. The quantitative estimate of drug-likeness (QED) is 0.634. The molecule has 0 N–H and O–H groups in total. The summed E-state index contributed by atoms with van der Waals surface area (Å²) in [5, 5.41) is 0. The SMILES string of the molecule is COc1ccc(C2(N=C=O)CCC2)c(OC)c1Br. The monoisotopic (exact) mass is 311 g/mol. The highest BCUT2D eigenvalue weighted by molar-refractivity contribution is 9.10. The van der Waals surface area contributed by atoms with Gasteiger partial charge in [-0.25, -0.2) is 4.79 Å². The highest BCUT2D eigenvalue weighted by Gasteiger charge is 2.41. The zero-order valence-corrected chi connectivity index (χ0v) is 11.9. The molecule has 0 aromatic heterocycles. The van der Waals surface area contributed by atoms with Crippen LogP contribution in [-0.2, 0) is 10.3 Å². The number of nitrogens with zero attached hydrogens (tertiary/aromatic N) is 1. The molecule has 0 heterocycles. The fraction of sp³-hybridized carbons (Fsp3) is 0.462. The van der Waals surface area contributed by atoms with Gasteiger partial charge in [-0.3, -0.25) is 0 Å². The van der Waals surface area contributed by atoms with Gasteiger partial charge in [0.2, 0.25) is 6.08 Å². The lowest BCUT2D eigenvalue weighted by Gasteiger charge is -2.38. The van der Waals surface area contributed by atoms with Crippen LogP contribution in [-0.4, -0.2) is 20.3 Å². The van der Waals surface area contributed by atoms with Crippen molar-refractivity contribution in [2.75, 3.05) is 14.2 Å². The summed E-state index contributed by atoms with van der Waals surface area (Å²) in [4.78, 5) is 14.6. The van der Waals surface area contributed by atoms with E-state index >= 15 is 0 Å². The molecule has 0 spiro atoms. The molecule has 0 radical (unpaired) electrons. The number of ether oxygens (including phenoxy) is 2. The first-order chi connectivity index (χ1) is 8.68. The van der Waals surface area contributed by atoms with Crippen molar-refractivity contribution in [3.8, 4) is 11.5 Å². The Hall–Kier alpha value is -1.32. The molecule has 18 heavy (non-hydrogen) atoms. The molecule has 1 aromatic rings. The van der Waals surface area contributed by atoms with Crippen molar-refractivity contribution in [3.63, 3.8) is 0 Å². The molecule has 5 heteroatoms. The van der Waals surface area contributed by atoms with Gasteiger partial charge < -0.3 is 9.47 Å². The van der Waals surface area contributed by atoms with Crippen molar-refractivity contribution < 1.29 is 14.3 Å². The molecule has 1 saturated carbocycles. The number of hydrogen-bond acceptors (Lipinski definition) is 4. The first-order valence-corrected chi connectivity index (χ1v) is 6.48. The number of methoxy groups -OCH3 is 2. The second kappa shape index (κ2) is 5.12. The lowest BCUT2D eigenvalue weighted by Crippen LogP contribution is -2.32. The van der Waals surface area contributed by atoms with Gasteiger partial charge in [0, 0.05) is 5.56 Å². The lowest BCUT2D eigenvalue weighted by atomic mass is 9.72. The smallest absolute Gasteiger partial charge is 0.235 e. The average Bonchev–Trinajstić information content (AvgIpc) is 2.33. The summed E-state index contributed by atoms with van der Waals surface area (Å²) in [5.74, 6) is 1.37. The van der Waals surface area contributed by atoms with Gasteiger partial charge >= 0.3 is 0 Å². The second-order valence-corrected chi connectivity index (χ2v) is 5.04. The van der Waals surface area contributed by atoms with Crippen LogP contribution in [0.25, 0.3) is 0 Å². The van der Waals surface area contributed by atoms with Gasteiger partial charge in [0.05, 0.1) is 14.2 Å². The largest absolute Gasteiger partial charge is 0.495 e. The van der Waals surface area contributed by atoms with Gasteiger partial charge in [-0.15, -0.1) is 0 Å². The molecule has 1 aliphatic rings. The van der Waals surface area contributed by atoms with Crippen molar-refractivity contribution in [3.05, 3.63) is 22.2 Å². The van der Waals surface area contributed by atoms with Crippen LogP contribution in [0.15, 0.2) is 21.6 Å². The van der Waals surface area contributed by atoms with Crippen molar-refractivity contribution in [2.45, 2.75) is 24.8 Å². The Morgan fingerprint density at radius 1 is 1.33 bits per heavy atom. The number of aliphatic imine (C=N–C) groups is 1. The van der Waals surface area contributed by atoms with Crippen LogP contribution in [0.3, 0.4) is 0 Å². The summed E-state index contributed by atoms with van der Waals surface area (Å²) in [6, 6.07) is 3.75. The normalized spacial score (nSPS) is 16.4. The van der Waals surface area contributed by atoms with Crippen molar-refractivity contribution in [2.24, 2.45) is 4.99 Å². The van der Waals surface area contributed by atoms with Crippen LogP contribution < -0.4 is 9.47 Å². The van der Waals surface area contributed by atoms with Crippen LogP contribution in [0.4, 0.5) is 0 Å². The third-order valence-corrected chi connectivity index (χ3v) is 4.18. The zero-order valence-electron chi connectivity index (χ0n) is 10.3. The van der Waals surface area contributed by atoms with E-state index in [1.807, 2.05) is 12.1 Å². The van der Waals surface area contributed by atoms with Gasteiger partial charge in [-0.1, -0.05) is 0 Å². The van der Waals surface area contributed by atoms with Crippen LogP contribution >= 0.6 is 15.9 Å². The maximum absolute atomic E-state index is 10.6. The molecule has 0 saturated heterocycles. The standard InChI is InChI=1S/C13H14BrNO3/c1-17-10-5-4-9(12(18-2)11(10)14)13(15-8-16)6-3-7-13/h4-5H,3,6-7H2,1-2H3. The molecule has 0 unspecified atom stereocenters. The number of benzene rings is 1. The predicted molar refractivity (Wildman–Crippen MR) is 70.9 cm³/mol. The van der Waals surface area contributed by atoms with E-state index in [1.165, 1.54) is 0 Å². The van der Waals surface area contributed by atoms with E-state index in [-0.39, 0.29) is 0 Å². The predicted octanol–water partition coefficient (Wildman–Crippen LogP) is 3.18. The highest BCUT2D eigenvalue weighted by Crippen LogP contribution is 2.51. The van der Waals surface area contributed by atoms with Crippen molar-refractivity contribution in [1.29, 1.82) is 0 Å². The molecule has 0 atom stereocenters. The molecule has 4 nitrogen and oxygen atoms in total. The fourth-order valence-electron chi connectivity index (χ4n) is 2.30. The number of halogens is 1. The van der Waals surface area contributed by atoms with Crippen LogP contribution in [0, 0.1) is 0 Å². The Labute approximate surface area is 114 Å². The van der Waals surface area contributed by atoms with E-state index in [9.17, 15) is 4.79 Å². The highest BCUT2D eigenvalue weighted by atomic mass is 79.9. The Balaban J connectivity index is 2.57. The van der Waals surface area contributed by atoms with Crippen molar-refractivity contribution in [1.82, 2.24) is 0 Å². The van der Waals surface area contributed by atoms with Gasteiger partial charge in [0.15, 0.2) is 0 Å². The minimum absolute atomic E-state index is 0.470. The molecule has 0 bridgehead atoms. The second-order valence-electron chi connectivity index (χ2n) is 4.25. The molecule has 0 amide bonds. The average molecular weight is 312 g/mol. The van der Waals surface area contributed by atoms with E-state index in [0.29, 0.717) is 11.5 Å². The first-order valence-electron chi connectivity index (χ1n) is 5.68. The van der Waals surface area contributed by atoms with E-state index in [4.69, 9.17) is 9.47 Å².